The Morgan fingerprint density at radius 3 is 1.68 bits per heavy atom. The summed E-state index contributed by atoms with van der Waals surface area (Å²) in [6.07, 6.45) is 6.10. The van der Waals surface area contributed by atoms with Gasteiger partial charge in [-0.2, -0.15) is 0 Å². The number of nitrogens with zero attached hydrogens (tertiary/aromatic N) is 4. The third kappa shape index (κ3) is 9.22. The molecule has 432 valence electrons. The highest BCUT2D eigenvalue weighted by Crippen LogP contribution is 2.49. The number of furan rings is 1. The lowest BCUT2D eigenvalue weighted by atomic mass is 9.77. The molecule has 1 aliphatic rings. The van der Waals surface area contributed by atoms with Crippen molar-refractivity contribution in [3.63, 3.8) is 0 Å². The molecule has 14 aromatic rings. The summed E-state index contributed by atoms with van der Waals surface area (Å²) in [5.41, 5.74) is 23.9. The predicted molar refractivity (Wildman–Crippen MR) is 365 cm³/mol. The molecule has 6 heteroatoms. The van der Waals surface area contributed by atoms with Gasteiger partial charge in [-0.3, -0.25) is 13.7 Å². The van der Waals surface area contributed by atoms with Crippen LogP contribution in [0, 0.1) is 6.33 Å². The van der Waals surface area contributed by atoms with E-state index in [1.165, 1.54) is 33.4 Å². The van der Waals surface area contributed by atoms with E-state index < -0.39 is 0 Å². The Kier molecular flexibility index (Phi) is 12.4. The van der Waals surface area contributed by atoms with Crippen LogP contribution in [0.25, 0.3) is 128 Å². The number of pyridine rings is 1. The van der Waals surface area contributed by atoms with Crippen LogP contribution in [0.2, 0.25) is 0 Å². The van der Waals surface area contributed by atoms with Gasteiger partial charge >= 0.3 is 0 Å². The molecule has 15 rings (SSSR count). The van der Waals surface area contributed by atoms with Crippen LogP contribution in [0.4, 0.5) is 0 Å². The monoisotopic (exact) mass is 1140 g/mol. The summed E-state index contributed by atoms with van der Waals surface area (Å²) in [5.74, 6) is 2.30. The van der Waals surface area contributed by atoms with Crippen molar-refractivity contribution in [1.82, 2.24) is 14.1 Å². The van der Waals surface area contributed by atoms with Crippen LogP contribution in [0.5, 0.6) is 11.5 Å². The van der Waals surface area contributed by atoms with Gasteiger partial charge < -0.3 is 9.15 Å². The second kappa shape index (κ2) is 19.9. The molecule has 10 aromatic carbocycles. The van der Waals surface area contributed by atoms with E-state index in [0.29, 0.717) is 5.75 Å². The zero-order chi connectivity index (χ0) is 60.8. The number of hydrogen-bond acceptors (Lipinski definition) is 3. The molecule has 0 fully saturated rings. The number of rotatable bonds is 6. The maximum atomic E-state index is 7.08. The largest absolute Gasteiger partial charge is 0.458 e. The second-order valence-electron chi connectivity index (χ2n) is 28.3. The standard InChI is InChI=1S/C82H72N4O2/c1-79(2,3)53-36-37-83-76(46-53)86-71-30-19-17-28-64(71)65-34-33-59(48-72(65)86)87-58-23-21-22-57(47-58)84-49-85-77-67(52-38-54(80(4,5)6)43-55(39-52)81(7,8)9)44-56(82(10,11)12)45-70(77)63-27-16-14-25-61(63)60-24-13-15-26-62(60)69-41-51(42-73(84)78(69)85)50-32-35-75-68(40-50)66-29-18-20-31-74(66)88-75/h13-48H,1-12H3. The van der Waals surface area contributed by atoms with Gasteiger partial charge in [-0.05, 0) is 172 Å². The summed E-state index contributed by atoms with van der Waals surface area (Å²) in [4.78, 5) is 4.98. The Bertz CT molecular complexity index is 5140. The molecule has 88 heavy (non-hydrogen) atoms. The van der Waals surface area contributed by atoms with Crippen molar-refractivity contribution < 1.29 is 13.7 Å². The highest BCUT2D eigenvalue weighted by Gasteiger charge is 2.31. The van der Waals surface area contributed by atoms with Gasteiger partial charge in [0.15, 0.2) is 0 Å². The summed E-state index contributed by atoms with van der Waals surface area (Å²) in [7, 11) is 0. The first-order valence-electron chi connectivity index (χ1n) is 30.9. The first kappa shape index (κ1) is 54.8. The molecule has 0 aliphatic carbocycles. The van der Waals surface area contributed by atoms with Crippen LogP contribution in [0.15, 0.2) is 223 Å². The van der Waals surface area contributed by atoms with Crippen molar-refractivity contribution in [2.75, 3.05) is 0 Å². The Labute approximate surface area is 516 Å². The van der Waals surface area contributed by atoms with Gasteiger partial charge in [-0.15, -0.1) is 0 Å². The number of aromatic nitrogens is 4. The lowest BCUT2D eigenvalue weighted by Gasteiger charge is -2.29. The quantitative estimate of drug-likeness (QED) is 0.123. The predicted octanol–water partition coefficient (Wildman–Crippen LogP) is 21.7. The van der Waals surface area contributed by atoms with Crippen LogP contribution in [-0.2, 0) is 21.7 Å². The molecule has 0 saturated carbocycles. The van der Waals surface area contributed by atoms with E-state index in [2.05, 4.69) is 309 Å². The van der Waals surface area contributed by atoms with Crippen LogP contribution >= 0.6 is 0 Å². The zero-order valence-corrected chi connectivity index (χ0v) is 52.4. The lowest BCUT2D eigenvalue weighted by Crippen LogP contribution is -2.32. The normalized spacial score (nSPS) is 12.8. The molecule has 0 spiro atoms. The fraction of sp³-hybridized carbons (Fsp3) is 0.195. The Balaban J connectivity index is 1.01. The Morgan fingerprint density at radius 1 is 0.386 bits per heavy atom. The Morgan fingerprint density at radius 2 is 0.977 bits per heavy atom. The molecule has 1 aliphatic heterocycles. The fourth-order valence-electron chi connectivity index (χ4n) is 13.2. The smallest absolute Gasteiger partial charge is 0.269 e. The van der Waals surface area contributed by atoms with Crippen LogP contribution in [0.3, 0.4) is 0 Å². The van der Waals surface area contributed by atoms with E-state index in [0.717, 1.165) is 122 Å². The molecule has 4 aromatic heterocycles. The van der Waals surface area contributed by atoms with Gasteiger partial charge in [0, 0.05) is 33.8 Å². The highest BCUT2D eigenvalue weighted by atomic mass is 16.5. The third-order valence-electron chi connectivity index (χ3n) is 18.2. The maximum Gasteiger partial charge on any atom is 0.269 e. The molecule has 0 amide bonds. The van der Waals surface area contributed by atoms with E-state index in [1.807, 2.05) is 12.3 Å². The molecule has 0 saturated heterocycles. The SMILES string of the molecule is CC(C)(C)c1cc(-c2cc(C(C)(C)C)cc3c2-[n+]2[c-]n(-c4cccc(Oc5ccc6c7ccccc7n(-c7cc(C(C)(C)C)ccn7)c6c5)c4)c4cc(-c5ccc6oc7ccccc7c6c5)cc(c42)-c2ccccc2-c2ccccc2-3)cc(C(C)(C)C)c1. The van der Waals surface area contributed by atoms with Crippen LogP contribution < -0.4 is 9.30 Å². The Hall–Kier alpha value is -9.78. The zero-order valence-electron chi connectivity index (χ0n) is 52.4. The fourth-order valence-corrected chi connectivity index (χ4v) is 13.2. The summed E-state index contributed by atoms with van der Waals surface area (Å²) in [6.45, 7) is 27.8. The number of fused-ring (bicyclic) bond motifs is 13. The van der Waals surface area contributed by atoms with E-state index >= 15 is 0 Å². The topological polar surface area (TPSA) is 49.0 Å². The maximum absolute atomic E-state index is 7.08. The molecule has 6 nitrogen and oxygen atoms in total. The number of hydrogen-bond donors (Lipinski definition) is 0. The molecule has 0 bridgehead atoms. The van der Waals surface area contributed by atoms with Crippen molar-refractivity contribution in [3.8, 4) is 84.3 Å². The van der Waals surface area contributed by atoms with Crippen LogP contribution in [-0.4, -0.2) is 14.1 Å². The number of benzene rings is 10. The number of imidazole rings is 1. The summed E-state index contributed by atoms with van der Waals surface area (Å²) in [5, 5.41) is 4.47. The third-order valence-corrected chi connectivity index (χ3v) is 18.2. The molecular weight excluding hydrogens is 1070 g/mol. The average Bonchev–Trinajstić information content (AvgIpc) is 1.60. The van der Waals surface area contributed by atoms with Crippen molar-refractivity contribution in [2.24, 2.45) is 0 Å². The van der Waals surface area contributed by atoms with E-state index in [9.17, 15) is 0 Å². The van der Waals surface area contributed by atoms with Crippen molar-refractivity contribution in [3.05, 3.63) is 247 Å². The van der Waals surface area contributed by atoms with Gasteiger partial charge in [-0.25, -0.2) is 4.98 Å². The molecule has 0 atom stereocenters. The molecule has 0 unspecified atom stereocenters. The molecule has 0 radical (unpaired) electrons. The van der Waals surface area contributed by atoms with E-state index in [4.69, 9.17) is 14.1 Å². The summed E-state index contributed by atoms with van der Waals surface area (Å²) in [6, 6.07) is 77.9. The summed E-state index contributed by atoms with van der Waals surface area (Å²) >= 11 is 0. The molecular formula is C82H72N4O2. The first-order valence-corrected chi connectivity index (χ1v) is 30.9. The van der Waals surface area contributed by atoms with Crippen LogP contribution in [0.1, 0.15) is 105 Å². The van der Waals surface area contributed by atoms with E-state index in [-0.39, 0.29) is 21.7 Å². The highest BCUT2D eigenvalue weighted by molar-refractivity contribution is 6.10. The van der Waals surface area contributed by atoms with Gasteiger partial charge in [0.2, 0.25) is 0 Å². The average molecular weight is 1150 g/mol. The van der Waals surface area contributed by atoms with Crippen molar-refractivity contribution >= 4 is 54.8 Å². The summed E-state index contributed by atoms with van der Waals surface area (Å²) < 4.78 is 20.5. The second-order valence-corrected chi connectivity index (χ2v) is 28.3. The van der Waals surface area contributed by atoms with Gasteiger partial charge in [0.05, 0.1) is 33.4 Å². The minimum Gasteiger partial charge on any atom is -0.458 e. The number of para-hydroxylation sites is 2. The lowest BCUT2D eigenvalue weighted by molar-refractivity contribution is -0.570. The van der Waals surface area contributed by atoms with Gasteiger partial charge in [0.25, 0.3) is 6.33 Å². The first-order chi connectivity index (χ1) is 42.1. The minimum absolute atomic E-state index is 0.0500. The molecule has 5 heterocycles. The van der Waals surface area contributed by atoms with Gasteiger partial charge in [0.1, 0.15) is 28.5 Å². The van der Waals surface area contributed by atoms with Crippen molar-refractivity contribution in [1.29, 1.82) is 0 Å². The molecule has 0 N–H and O–H groups in total. The number of ether oxygens (including phenoxy) is 1. The minimum atomic E-state index is -0.191. The van der Waals surface area contributed by atoms with Crippen molar-refractivity contribution in [2.45, 2.75) is 105 Å². The van der Waals surface area contributed by atoms with E-state index in [1.54, 1.807) is 0 Å². The van der Waals surface area contributed by atoms with Gasteiger partial charge in [-0.1, -0.05) is 217 Å².